The van der Waals surface area contributed by atoms with Crippen molar-refractivity contribution in [1.82, 2.24) is 10.6 Å². The van der Waals surface area contributed by atoms with Crippen LogP contribution < -0.4 is 20.9 Å². The van der Waals surface area contributed by atoms with E-state index in [2.05, 4.69) is 16.0 Å². The average molecular weight is 335 g/mol. The topological polar surface area (TPSA) is 91.7 Å². The number of quaternary nitrogens is 1. The minimum absolute atomic E-state index is 0.0334. The SMILES string of the molecule is Cc1cccc(C)c1NC(=O)C[NH+](C)CC(=O)NC(=O)NC(C)C. The van der Waals surface area contributed by atoms with Gasteiger partial charge in [-0.25, -0.2) is 4.79 Å². The molecule has 1 atom stereocenters. The van der Waals surface area contributed by atoms with E-state index in [-0.39, 0.29) is 25.0 Å². The Hall–Kier alpha value is -2.41. The van der Waals surface area contributed by atoms with Gasteiger partial charge in [-0.05, 0) is 38.8 Å². The lowest BCUT2D eigenvalue weighted by Gasteiger charge is -2.15. The summed E-state index contributed by atoms with van der Waals surface area (Å²) in [6.07, 6.45) is 0. The van der Waals surface area contributed by atoms with Crippen molar-refractivity contribution in [3.8, 4) is 0 Å². The third-order valence-electron chi connectivity index (χ3n) is 3.34. The monoisotopic (exact) mass is 335 g/mol. The fraction of sp³-hybridized carbons (Fsp3) is 0.471. The molecule has 1 unspecified atom stereocenters. The number of anilines is 1. The van der Waals surface area contributed by atoms with E-state index in [0.717, 1.165) is 16.8 Å². The van der Waals surface area contributed by atoms with E-state index in [1.54, 1.807) is 20.9 Å². The van der Waals surface area contributed by atoms with Crippen molar-refractivity contribution in [2.24, 2.45) is 0 Å². The summed E-state index contributed by atoms with van der Waals surface area (Å²) < 4.78 is 0. The summed E-state index contributed by atoms with van der Waals surface area (Å²) in [7, 11) is 1.73. The molecule has 1 aromatic rings. The van der Waals surface area contributed by atoms with E-state index in [9.17, 15) is 14.4 Å². The van der Waals surface area contributed by atoms with Gasteiger partial charge in [-0.2, -0.15) is 0 Å². The number of para-hydroxylation sites is 1. The number of urea groups is 1. The van der Waals surface area contributed by atoms with Crippen molar-refractivity contribution in [2.75, 3.05) is 25.5 Å². The number of carbonyl (C=O) groups excluding carboxylic acids is 3. The molecule has 132 valence electrons. The lowest BCUT2D eigenvalue weighted by Crippen LogP contribution is -3.11. The molecule has 24 heavy (non-hydrogen) atoms. The highest BCUT2D eigenvalue weighted by Gasteiger charge is 2.17. The van der Waals surface area contributed by atoms with Crippen LogP contribution in [-0.2, 0) is 9.59 Å². The molecule has 1 rings (SSSR count). The first-order valence-electron chi connectivity index (χ1n) is 7.96. The van der Waals surface area contributed by atoms with E-state index in [1.807, 2.05) is 32.0 Å². The third-order valence-corrected chi connectivity index (χ3v) is 3.34. The van der Waals surface area contributed by atoms with Crippen LogP contribution in [0.3, 0.4) is 0 Å². The fourth-order valence-electron chi connectivity index (χ4n) is 2.28. The zero-order valence-electron chi connectivity index (χ0n) is 14.9. The number of hydrogen-bond donors (Lipinski definition) is 4. The smallest absolute Gasteiger partial charge is 0.321 e. The number of rotatable bonds is 6. The summed E-state index contributed by atoms with van der Waals surface area (Å²) in [6.45, 7) is 7.64. The van der Waals surface area contributed by atoms with Gasteiger partial charge >= 0.3 is 6.03 Å². The second-order valence-corrected chi connectivity index (χ2v) is 6.30. The first kappa shape index (κ1) is 19.6. The molecular formula is C17H27N4O3+. The summed E-state index contributed by atoms with van der Waals surface area (Å²) in [5.41, 5.74) is 2.78. The Morgan fingerprint density at radius 1 is 1.04 bits per heavy atom. The predicted molar refractivity (Wildman–Crippen MR) is 93.0 cm³/mol. The number of aryl methyl sites for hydroxylation is 2. The zero-order chi connectivity index (χ0) is 18.3. The molecule has 7 heteroatoms. The fourth-order valence-corrected chi connectivity index (χ4v) is 2.28. The van der Waals surface area contributed by atoms with Crippen molar-refractivity contribution in [2.45, 2.75) is 33.7 Å². The molecule has 1 aromatic carbocycles. The Labute approximate surface area is 142 Å². The van der Waals surface area contributed by atoms with Crippen LogP contribution in [0.25, 0.3) is 0 Å². The third kappa shape index (κ3) is 6.78. The van der Waals surface area contributed by atoms with Crippen molar-refractivity contribution in [3.63, 3.8) is 0 Å². The lowest BCUT2D eigenvalue weighted by molar-refractivity contribution is -0.862. The van der Waals surface area contributed by atoms with E-state index in [1.165, 1.54) is 0 Å². The molecule has 0 spiro atoms. The van der Waals surface area contributed by atoms with Crippen LogP contribution in [0.15, 0.2) is 18.2 Å². The molecule has 0 aliphatic carbocycles. The average Bonchev–Trinajstić information content (AvgIpc) is 2.41. The van der Waals surface area contributed by atoms with Crippen molar-refractivity contribution < 1.29 is 19.3 Å². The lowest BCUT2D eigenvalue weighted by atomic mass is 10.1. The van der Waals surface area contributed by atoms with Gasteiger partial charge in [0.25, 0.3) is 11.8 Å². The van der Waals surface area contributed by atoms with E-state index in [0.29, 0.717) is 4.90 Å². The highest BCUT2D eigenvalue weighted by molar-refractivity contribution is 5.95. The second kappa shape index (κ2) is 9.02. The normalized spacial score (nSPS) is 11.8. The van der Waals surface area contributed by atoms with E-state index < -0.39 is 11.9 Å². The van der Waals surface area contributed by atoms with Crippen LogP contribution in [0.4, 0.5) is 10.5 Å². The number of imide groups is 1. The number of hydrogen-bond acceptors (Lipinski definition) is 3. The highest BCUT2D eigenvalue weighted by atomic mass is 16.2. The van der Waals surface area contributed by atoms with Crippen molar-refractivity contribution >= 4 is 23.5 Å². The zero-order valence-corrected chi connectivity index (χ0v) is 14.9. The Morgan fingerprint density at radius 3 is 2.12 bits per heavy atom. The molecule has 0 heterocycles. The molecule has 7 nitrogen and oxygen atoms in total. The first-order valence-corrected chi connectivity index (χ1v) is 7.96. The Bertz CT molecular complexity index is 594. The van der Waals surface area contributed by atoms with Gasteiger partial charge in [-0.3, -0.25) is 14.9 Å². The van der Waals surface area contributed by atoms with Gasteiger partial charge < -0.3 is 15.5 Å². The van der Waals surface area contributed by atoms with Gasteiger partial charge in [0.05, 0.1) is 7.05 Å². The Balaban J connectivity index is 2.47. The number of nitrogens with one attached hydrogen (secondary N) is 4. The van der Waals surface area contributed by atoms with Crippen LogP contribution in [-0.4, -0.2) is 44.0 Å². The molecule has 0 saturated carbocycles. The quantitative estimate of drug-likeness (QED) is 0.589. The molecule has 0 radical (unpaired) electrons. The molecule has 0 bridgehead atoms. The minimum Gasteiger partial charge on any atom is -0.336 e. The van der Waals surface area contributed by atoms with Crippen molar-refractivity contribution in [1.29, 1.82) is 0 Å². The van der Waals surface area contributed by atoms with Gasteiger partial charge in [-0.1, -0.05) is 18.2 Å². The summed E-state index contributed by atoms with van der Waals surface area (Å²) in [6, 6.07) is 5.22. The summed E-state index contributed by atoms with van der Waals surface area (Å²) in [5.74, 6) is -0.602. The van der Waals surface area contributed by atoms with Gasteiger partial charge in [0.1, 0.15) is 0 Å². The van der Waals surface area contributed by atoms with E-state index in [4.69, 9.17) is 0 Å². The van der Waals surface area contributed by atoms with Crippen LogP contribution in [0.5, 0.6) is 0 Å². The largest absolute Gasteiger partial charge is 0.336 e. The second-order valence-electron chi connectivity index (χ2n) is 6.30. The van der Waals surface area contributed by atoms with Gasteiger partial charge in [0.15, 0.2) is 13.1 Å². The van der Waals surface area contributed by atoms with Crippen molar-refractivity contribution in [3.05, 3.63) is 29.3 Å². The Morgan fingerprint density at radius 2 is 1.58 bits per heavy atom. The number of amides is 4. The predicted octanol–water partition coefficient (Wildman–Crippen LogP) is -0.00916. The molecule has 0 fully saturated rings. The summed E-state index contributed by atoms with van der Waals surface area (Å²) >= 11 is 0. The van der Waals surface area contributed by atoms with Gasteiger partial charge in [-0.15, -0.1) is 0 Å². The van der Waals surface area contributed by atoms with Crippen LogP contribution in [0, 0.1) is 13.8 Å². The molecule has 0 aliphatic heterocycles. The number of carbonyl (C=O) groups is 3. The molecule has 0 aliphatic rings. The standard InChI is InChI=1S/C17H26N4O3/c1-11(2)18-17(24)20-15(23)10-21(5)9-14(22)19-16-12(3)7-6-8-13(16)4/h6-8,11H,9-10H2,1-5H3,(H,19,22)(H2,18,20,23,24)/p+1. The maximum Gasteiger partial charge on any atom is 0.321 e. The molecule has 0 aromatic heterocycles. The maximum atomic E-state index is 12.1. The summed E-state index contributed by atoms with van der Waals surface area (Å²) in [5, 5.41) is 7.69. The van der Waals surface area contributed by atoms with Gasteiger partial charge in [0.2, 0.25) is 0 Å². The molecule has 4 N–H and O–H groups in total. The Kier molecular flexibility index (Phi) is 7.38. The maximum absolute atomic E-state index is 12.1. The summed E-state index contributed by atoms with van der Waals surface area (Å²) in [4.78, 5) is 36.0. The molecular weight excluding hydrogens is 308 g/mol. The molecule has 0 saturated heterocycles. The van der Waals surface area contributed by atoms with E-state index >= 15 is 0 Å². The van der Waals surface area contributed by atoms with Crippen LogP contribution >= 0.6 is 0 Å². The van der Waals surface area contributed by atoms with Crippen LogP contribution in [0.1, 0.15) is 25.0 Å². The minimum atomic E-state index is -0.525. The molecule has 4 amide bonds. The highest BCUT2D eigenvalue weighted by Crippen LogP contribution is 2.18. The van der Waals surface area contributed by atoms with Crippen LogP contribution in [0.2, 0.25) is 0 Å². The first-order chi connectivity index (χ1) is 11.2. The number of likely N-dealkylation sites (N-methyl/N-ethyl adjacent to an activating group) is 1. The number of benzene rings is 1. The van der Waals surface area contributed by atoms with Gasteiger partial charge in [0, 0.05) is 11.7 Å².